The lowest BCUT2D eigenvalue weighted by molar-refractivity contribution is -0.384. The molecule has 0 saturated carbocycles. The largest absolute Gasteiger partial charge is 0.463 e. The Morgan fingerprint density at radius 2 is 2.40 bits per heavy atom. The van der Waals surface area contributed by atoms with Crippen LogP contribution in [0.1, 0.15) is 17.4 Å². The molecule has 0 aliphatic carbocycles. The summed E-state index contributed by atoms with van der Waals surface area (Å²) >= 11 is 0. The molecule has 106 valence electrons. The lowest BCUT2D eigenvalue weighted by atomic mass is 10.4. The molecule has 0 aliphatic rings. The number of carbonyl (C=O) groups is 1. The van der Waals surface area contributed by atoms with Crippen molar-refractivity contribution in [2.24, 2.45) is 7.05 Å². The quantitative estimate of drug-likeness (QED) is 0.613. The van der Waals surface area contributed by atoms with Crippen molar-refractivity contribution in [3.63, 3.8) is 0 Å². The molecule has 0 radical (unpaired) electrons. The van der Waals surface area contributed by atoms with E-state index in [1.807, 2.05) is 0 Å². The number of carbonyl (C=O) groups excluding carboxylic acids is 1. The van der Waals surface area contributed by atoms with Crippen LogP contribution in [0, 0.1) is 10.1 Å². The smallest absolute Gasteiger partial charge is 0.337 e. The summed E-state index contributed by atoms with van der Waals surface area (Å²) in [5.41, 5.74) is -0.0312. The van der Waals surface area contributed by atoms with E-state index in [-0.39, 0.29) is 23.3 Å². The van der Waals surface area contributed by atoms with E-state index in [4.69, 9.17) is 4.74 Å². The van der Waals surface area contributed by atoms with Crippen molar-refractivity contribution in [3.05, 3.63) is 28.1 Å². The third-order valence-corrected chi connectivity index (χ3v) is 2.40. The van der Waals surface area contributed by atoms with E-state index in [1.165, 1.54) is 23.9 Å². The molecule has 0 bridgehead atoms. The van der Waals surface area contributed by atoms with Crippen molar-refractivity contribution in [1.29, 1.82) is 0 Å². The number of nitrogens with one attached hydrogen (secondary N) is 2. The van der Waals surface area contributed by atoms with E-state index >= 15 is 0 Å². The molecule has 10 nitrogen and oxygen atoms in total. The fourth-order valence-electron chi connectivity index (χ4n) is 1.54. The van der Waals surface area contributed by atoms with Crippen LogP contribution >= 0.6 is 0 Å². The van der Waals surface area contributed by atoms with E-state index in [9.17, 15) is 14.9 Å². The van der Waals surface area contributed by atoms with Gasteiger partial charge in [0.1, 0.15) is 5.69 Å². The number of hydrogen-bond acceptors (Lipinski definition) is 6. The first-order valence-corrected chi connectivity index (χ1v) is 5.68. The lowest BCUT2D eigenvalue weighted by Crippen LogP contribution is -2.16. The second-order valence-corrected chi connectivity index (χ2v) is 3.81. The zero-order valence-electron chi connectivity index (χ0n) is 10.8. The van der Waals surface area contributed by atoms with Crippen molar-refractivity contribution in [2.75, 3.05) is 11.9 Å². The van der Waals surface area contributed by atoms with Crippen molar-refractivity contribution in [2.45, 2.75) is 6.92 Å². The summed E-state index contributed by atoms with van der Waals surface area (Å²) in [6.07, 6.45) is 1.25. The molecular formula is C10H12N6O4. The maximum atomic E-state index is 12.0. The van der Waals surface area contributed by atoms with Crippen LogP contribution in [0.3, 0.4) is 0 Å². The fourth-order valence-corrected chi connectivity index (χ4v) is 1.54. The molecule has 2 aromatic heterocycles. The second kappa shape index (κ2) is 5.38. The number of amides is 1. The van der Waals surface area contributed by atoms with Crippen LogP contribution in [0.15, 0.2) is 12.3 Å². The Morgan fingerprint density at radius 3 is 3.00 bits per heavy atom. The third-order valence-electron chi connectivity index (χ3n) is 2.40. The minimum Gasteiger partial charge on any atom is -0.463 e. The molecular weight excluding hydrogens is 268 g/mol. The van der Waals surface area contributed by atoms with Crippen LogP contribution in [0.4, 0.5) is 11.6 Å². The maximum Gasteiger partial charge on any atom is 0.337 e. The molecule has 0 aromatic carbocycles. The molecule has 1 amide bonds. The summed E-state index contributed by atoms with van der Waals surface area (Å²) in [7, 11) is 1.54. The van der Waals surface area contributed by atoms with Gasteiger partial charge in [0.05, 0.1) is 17.7 Å². The maximum absolute atomic E-state index is 12.0. The average molecular weight is 280 g/mol. The van der Waals surface area contributed by atoms with Gasteiger partial charge in [0.2, 0.25) is 5.95 Å². The highest BCUT2D eigenvalue weighted by Gasteiger charge is 2.18. The fraction of sp³-hybridized carbons (Fsp3) is 0.300. The van der Waals surface area contributed by atoms with Crippen LogP contribution in [-0.4, -0.2) is 37.2 Å². The topological polar surface area (TPSA) is 128 Å². The Labute approximate surface area is 112 Å². The predicted octanol–water partition coefficient (Wildman–Crippen LogP) is 0.702. The Balaban J connectivity index is 2.13. The van der Waals surface area contributed by atoms with Gasteiger partial charge in [-0.25, -0.2) is 5.10 Å². The molecule has 2 heterocycles. The Hall–Kier alpha value is -2.91. The van der Waals surface area contributed by atoms with E-state index in [0.717, 1.165) is 0 Å². The van der Waals surface area contributed by atoms with Crippen LogP contribution in [0.25, 0.3) is 0 Å². The number of anilines is 1. The summed E-state index contributed by atoms with van der Waals surface area (Å²) < 4.78 is 6.39. The van der Waals surface area contributed by atoms with E-state index in [2.05, 4.69) is 20.5 Å². The van der Waals surface area contributed by atoms with Gasteiger partial charge in [0.15, 0.2) is 0 Å². The number of rotatable bonds is 5. The zero-order chi connectivity index (χ0) is 14.7. The molecule has 0 unspecified atom stereocenters. The van der Waals surface area contributed by atoms with Gasteiger partial charge in [0, 0.05) is 13.1 Å². The van der Waals surface area contributed by atoms with Gasteiger partial charge in [-0.2, -0.15) is 4.98 Å². The number of ether oxygens (including phenoxy) is 1. The number of hydrogen-bond donors (Lipinski definition) is 2. The van der Waals surface area contributed by atoms with Crippen molar-refractivity contribution >= 4 is 17.5 Å². The van der Waals surface area contributed by atoms with Crippen molar-refractivity contribution < 1.29 is 14.5 Å². The van der Waals surface area contributed by atoms with E-state index in [1.54, 1.807) is 6.92 Å². The van der Waals surface area contributed by atoms with Gasteiger partial charge in [-0.1, -0.05) is 0 Å². The normalized spacial score (nSPS) is 10.3. The van der Waals surface area contributed by atoms with E-state index < -0.39 is 10.8 Å². The molecule has 0 fully saturated rings. The molecule has 0 aliphatic heterocycles. The summed E-state index contributed by atoms with van der Waals surface area (Å²) in [6, 6.07) is 1.29. The minimum atomic E-state index is -0.571. The number of nitrogens with zero attached hydrogens (tertiary/aromatic N) is 4. The Kier molecular flexibility index (Phi) is 3.64. The van der Waals surface area contributed by atoms with Crippen LogP contribution < -0.4 is 10.1 Å². The molecule has 2 rings (SSSR count). The monoisotopic (exact) mass is 280 g/mol. The third kappa shape index (κ3) is 2.74. The first-order chi connectivity index (χ1) is 9.51. The lowest BCUT2D eigenvalue weighted by Gasteiger charge is -2.01. The molecule has 2 aromatic rings. The summed E-state index contributed by atoms with van der Waals surface area (Å²) in [4.78, 5) is 25.9. The van der Waals surface area contributed by atoms with Crippen molar-refractivity contribution in [1.82, 2.24) is 19.7 Å². The Bertz CT molecular complexity index is 646. The number of H-pyrrole nitrogens is 1. The number of aromatic amines is 1. The molecule has 0 atom stereocenters. The first kappa shape index (κ1) is 13.5. The molecule has 2 N–H and O–H groups in total. The Morgan fingerprint density at radius 1 is 1.65 bits per heavy atom. The van der Waals surface area contributed by atoms with Gasteiger partial charge in [0.25, 0.3) is 11.6 Å². The van der Waals surface area contributed by atoms with Crippen molar-refractivity contribution in [3.8, 4) is 6.01 Å². The number of aryl methyl sites for hydroxylation is 1. The molecule has 0 spiro atoms. The first-order valence-electron chi connectivity index (χ1n) is 5.68. The highest BCUT2D eigenvalue weighted by molar-refractivity contribution is 6.02. The van der Waals surface area contributed by atoms with Crippen LogP contribution in [-0.2, 0) is 7.05 Å². The second-order valence-electron chi connectivity index (χ2n) is 3.81. The summed E-state index contributed by atoms with van der Waals surface area (Å²) in [5.74, 6) is -0.442. The van der Waals surface area contributed by atoms with E-state index in [0.29, 0.717) is 6.61 Å². The van der Waals surface area contributed by atoms with Crippen LogP contribution in [0.5, 0.6) is 6.01 Å². The standard InChI is InChI=1S/C10H12N6O4/c1-3-20-10-12-9(13-14-10)11-8(17)7-4-6(16(18)19)5-15(7)2/h4-5H,3H2,1-2H3,(H2,11,12,13,14,17). The van der Waals surface area contributed by atoms with Gasteiger partial charge in [-0.15, -0.1) is 5.10 Å². The predicted molar refractivity (Wildman–Crippen MR) is 67.6 cm³/mol. The molecule has 20 heavy (non-hydrogen) atoms. The molecule has 0 saturated heterocycles. The van der Waals surface area contributed by atoms with Gasteiger partial charge in [-0.3, -0.25) is 20.2 Å². The van der Waals surface area contributed by atoms with Gasteiger partial charge in [-0.05, 0) is 6.92 Å². The zero-order valence-corrected chi connectivity index (χ0v) is 10.8. The summed E-state index contributed by atoms with van der Waals surface area (Å²) in [6.45, 7) is 2.17. The minimum absolute atomic E-state index is 0.0994. The number of aromatic nitrogens is 4. The summed E-state index contributed by atoms with van der Waals surface area (Å²) in [5, 5.41) is 19.3. The molecule has 10 heteroatoms. The number of nitro groups is 1. The highest BCUT2D eigenvalue weighted by atomic mass is 16.6. The van der Waals surface area contributed by atoms with Gasteiger partial charge < -0.3 is 9.30 Å². The highest BCUT2D eigenvalue weighted by Crippen LogP contribution is 2.16. The SMILES string of the molecule is CCOc1n[nH]c(NC(=O)c2cc([N+](=O)[O-])cn2C)n1. The van der Waals surface area contributed by atoms with Gasteiger partial charge >= 0.3 is 6.01 Å². The average Bonchev–Trinajstić information content (AvgIpc) is 2.96. The van der Waals surface area contributed by atoms with Crippen LogP contribution in [0.2, 0.25) is 0 Å².